The number of rotatable bonds is 4. The van der Waals surface area contributed by atoms with Gasteiger partial charge in [0.1, 0.15) is 0 Å². The van der Waals surface area contributed by atoms with Gasteiger partial charge in [-0.3, -0.25) is 4.79 Å². The van der Waals surface area contributed by atoms with E-state index in [2.05, 4.69) is 12.2 Å². The molecule has 1 aromatic carbocycles. The molecule has 1 aromatic rings. The van der Waals surface area contributed by atoms with Gasteiger partial charge in [-0.1, -0.05) is 19.8 Å². The molecule has 0 heterocycles. The van der Waals surface area contributed by atoms with Crippen LogP contribution >= 0.6 is 0 Å². The molecule has 1 saturated carbocycles. The molecule has 22 heavy (non-hydrogen) atoms. The molecule has 0 aliphatic heterocycles. The number of amides is 1. The Morgan fingerprint density at radius 1 is 1.14 bits per heavy atom. The molecule has 0 aromatic heterocycles. The van der Waals surface area contributed by atoms with Gasteiger partial charge < -0.3 is 5.32 Å². The van der Waals surface area contributed by atoms with Crippen LogP contribution in [0.5, 0.6) is 0 Å². The van der Waals surface area contributed by atoms with E-state index in [-0.39, 0.29) is 16.8 Å². The summed E-state index contributed by atoms with van der Waals surface area (Å²) in [6.07, 6.45) is 4.53. The monoisotopic (exact) mass is 324 g/mol. The van der Waals surface area contributed by atoms with E-state index in [1.807, 2.05) is 0 Å². The van der Waals surface area contributed by atoms with Gasteiger partial charge in [0.05, 0.1) is 4.90 Å². The summed E-state index contributed by atoms with van der Waals surface area (Å²) < 4.78 is 25.2. The van der Waals surface area contributed by atoms with Gasteiger partial charge in [-0.05, 0) is 43.0 Å². The molecule has 0 bridgehead atoms. The Kier molecular flexibility index (Phi) is 5.24. The first-order valence-corrected chi connectivity index (χ1v) is 9.10. The van der Waals surface area contributed by atoms with E-state index >= 15 is 0 Å². The van der Waals surface area contributed by atoms with Gasteiger partial charge in [-0.15, -0.1) is 0 Å². The Bertz CT molecular complexity index is 623. The smallest absolute Gasteiger partial charge is 0.251 e. The third-order valence-corrected chi connectivity index (χ3v) is 6.15. The molecule has 1 fully saturated rings. The number of nitrogens with zero attached hydrogens (tertiary/aromatic N) is 1. The Hall–Kier alpha value is -1.40. The second-order valence-electron chi connectivity index (χ2n) is 6.15. The Labute approximate surface area is 132 Å². The molecule has 0 saturated heterocycles. The number of nitrogens with one attached hydrogen (secondary N) is 1. The van der Waals surface area contributed by atoms with Crippen molar-refractivity contribution in [2.45, 2.75) is 43.5 Å². The number of hydrogen-bond acceptors (Lipinski definition) is 3. The summed E-state index contributed by atoms with van der Waals surface area (Å²) in [6.45, 7) is 2.16. The second kappa shape index (κ2) is 6.79. The summed E-state index contributed by atoms with van der Waals surface area (Å²) in [6, 6.07) is 6.31. The van der Waals surface area contributed by atoms with Gasteiger partial charge in [-0.25, -0.2) is 12.7 Å². The van der Waals surface area contributed by atoms with Crippen LogP contribution in [0.1, 0.15) is 43.0 Å². The average molecular weight is 324 g/mol. The minimum absolute atomic E-state index is 0.132. The van der Waals surface area contributed by atoms with E-state index in [0.29, 0.717) is 11.5 Å². The van der Waals surface area contributed by atoms with E-state index in [1.165, 1.54) is 32.6 Å². The zero-order valence-corrected chi connectivity index (χ0v) is 14.2. The van der Waals surface area contributed by atoms with E-state index in [1.54, 1.807) is 12.1 Å². The molecule has 1 aliphatic rings. The highest BCUT2D eigenvalue weighted by Crippen LogP contribution is 2.24. The number of benzene rings is 1. The second-order valence-corrected chi connectivity index (χ2v) is 8.31. The third kappa shape index (κ3) is 3.67. The predicted octanol–water partition coefficient (Wildman–Crippen LogP) is 2.25. The van der Waals surface area contributed by atoms with Crippen molar-refractivity contribution < 1.29 is 13.2 Å². The van der Waals surface area contributed by atoms with Crippen molar-refractivity contribution >= 4 is 15.9 Å². The number of hydrogen-bond donors (Lipinski definition) is 1. The molecule has 1 amide bonds. The molecule has 0 radical (unpaired) electrons. The first-order valence-electron chi connectivity index (χ1n) is 7.66. The fourth-order valence-electron chi connectivity index (χ4n) is 2.77. The van der Waals surface area contributed by atoms with Crippen LogP contribution in [0.4, 0.5) is 0 Å². The lowest BCUT2D eigenvalue weighted by Crippen LogP contribution is -2.41. The molecule has 1 N–H and O–H groups in total. The van der Waals surface area contributed by atoms with Crippen LogP contribution < -0.4 is 5.32 Å². The molecule has 0 spiro atoms. The Morgan fingerprint density at radius 2 is 1.73 bits per heavy atom. The fraction of sp³-hybridized carbons (Fsp3) is 0.562. The van der Waals surface area contributed by atoms with Gasteiger partial charge in [0, 0.05) is 25.7 Å². The number of carbonyl (C=O) groups is 1. The summed E-state index contributed by atoms with van der Waals surface area (Å²) in [5.41, 5.74) is 0.496. The average Bonchev–Trinajstić information content (AvgIpc) is 2.49. The summed E-state index contributed by atoms with van der Waals surface area (Å²) in [5.74, 6) is 0.360. The lowest BCUT2D eigenvalue weighted by Gasteiger charge is -2.29. The largest absolute Gasteiger partial charge is 0.349 e. The normalized spacial score (nSPS) is 22.5. The molecule has 122 valence electrons. The predicted molar refractivity (Wildman–Crippen MR) is 86.2 cm³/mol. The summed E-state index contributed by atoms with van der Waals surface area (Å²) in [7, 11) is -0.481. The van der Waals surface area contributed by atoms with Crippen molar-refractivity contribution in [3.63, 3.8) is 0 Å². The van der Waals surface area contributed by atoms with Crippen molar-refractivity contribution in [2.75, 3.05) is 14.1 Å². The summed E-state index contributed by atoms with van der Waals surface area (Å²) in [5, 5.41) is 3.07. The summed E-state index contributed by atoms with van der Waals surface area (Å²) in [4.78, 5) is 12.5. The highest BCUT2D eigenvalue weighted by Gasteiger charge is 2.23. The number of carbonyl (C=O) groups excluding carboxylic acids is 1. The molecule has 1 aliphatic carbocycles. The van der Waals surface area contributed by atoms with Crippen molar-refractivity contribution in [1.29, 1.82) is 0 Å². The van der Waals surface area contributed by atoms with E-state index in [4.69, 9.17) is 0 Å². The van der Waals surface area contributed by atoms with Gasteiger partial charge >= 0.3 is 0 Å². The minimum atomic E-state index is -3.45. The number of sulfonamides is 1. The SMILES string of the molecule is C[C@@H]1CCCC[C@@H]1NC(=O)c1ccc(S(=O)(=O)N(C)C)cc1. The highest BCUT2D eigenvalue weighted by atomic mass is 32.2. The van der Waals surface area contributed by atoms with Crippen molar-refractivity contribution in [1.82, 2.24) is 9.62 Å². The molecule has 5 nitrogen and oxygen atoms in total. The maximum atomic E-state index is 12.3. The first kappa shape index (κ1) is 17.0. The van der Waals surface area contributed by atoms with Gasteiger partial charge in [0.2, 0.25) is 10.0 Å². The van der Waals surface area contributed by atoms with Crippen molar-refractivity contribution in [3.8, 4) is 0 Å². The van der Waals surface area contributed by atoms with Gasteiger partial charge in [0.15, 0.2) is 0 Å². The molecular weight excluding hydrogens is 300 g/mol. The zero-order valence-electron chi connectivity index (χ0n) is 13.4. The standard InChI is InChI=1S/C16H24N2O3S/c1-12-6-4-5-7-15(12)17-16(19)13-8-10-14(11-9-13)22(20,21)18(2)3/h8-12,15H,4-7H2,1-3H3,(H,17,19)/t12-,15+/m1/s1. The zero-order chi connectivity index (χ0) is 16.3. The quantitative estimate of drug-likeness (QED) is 0.924. The minimum Gasteiger partial charge on any atom is -0.349 e. The van der Waals surface area contributed by atoms with Crippen molar-refractivity contribution in [2.24, 2.45) is 5.92 Å². The van der Waals surface area contributed by atoms with E-state index in [0.717, 1.165) is 23.6 Å². The van der Waals surface area contributed by atoms with Gasteiger partial charge in [0.25, 0.3) is 5.91 Å². The molecule has 0 unspecified atom stereocenters. The lowest BCUT2D eigenvalue weighted by atomic mass is 9.86. The first-order chi connectivity index (χ1) is 10.3. The molecule has 2 rings (SSSR count). The van der Waals surface area contributed by atoms with Crippen molar-refractivity contribution in [3.05, 3.63) is 29.8 Å². The summed E-state index contributed by atoms with van der Waals surface area (Å²) >= 11 is 0. The fourth-order valence-corrected chi connectivity index (χ4v) is 3.67. The lowest BCUT2D eigenvalue weighted by molar-refractivity contribution is 0.0910. The Balaban J connectivity index is 2.08. The van der Waals surface area contributed by atoms with E-state index < -0.39 is 10.0 Å². The maximum absolute atomic E-state index is 12.3. The van der Waals surface area contributed by atoms with Crippen LogP contribution in [0.25, 0.3) is 0 Å². The maximum Gasteiger partial charge on any atom is 0.251 e. The van der Waals surface area contributed by atoms with Crippen LogP contribution in [0, 0.1) is 5.92 Å². The molecular formula is C16H24N2O3S. The van der Waals surface area contributed by atoms with Crippen LogP contribution in [-0.2, 0) is 10.0 Å². The topological polar surface area (TPSA) is 66.5 Å². The van der Waals surface area contributed by atoms with Gasteiger partial charge in [-0.2, -0.15) is 0 Å². The molecule has 2 atom stereocenters. The van der Waals surface area contributed by atoms with Crippen LogP contribution in [0.15, 0.2) is 29.2 Å². The van der Waals surface area contributed by atoms with Crippen LogP contribution in [0.2, 0.25) is 0 Å². The van der Waals surface area contributed by atoms with Crippen LogP contribution in [-0.4, -0.2) is 38.8 Å². The Morgan fingerprint density at radius 3 is 2.27 bits per heavy atom. The molecule has 6 heteroatoms. The highest BCUT2D eigenvalue weighted by molar-refractivity contribution is 7.89. The van der Waals surface area contributed by atoms with E-state index in [9.17, 15) is 13.2 Å². The third-order valence-electron chi connectivity index (χ3n) is 4.32. The van der Waals surface area contributed by atoms with Crippen LogP contribution in [0.3, 0.4) is 0 Å².